The molecule has 0 saturated carbocycles. The van der Waals surface area contributed by atoms with Crippen LogP contribution in [0.25, 0.3) is 10.9 Å². The molecule has 0 saturated heterocycles. The van der Waals surface area contributed by atoms with Gasteiger partial charge in [0.2, 0.25) is 0 Å². The van der Waals surface area contributed by atoms with Crippen LogP contribution in [0.1, 0.15) is 23.0 Å². The minimum absolute atomic E-state index is 0.0408. The fourth-order valence-electron chi connectivity index (χ4n) is 3.46. The van der Waals surface area contributed by atoms with Crippen molar-refractivity contribution in [3.05, 3.63) is 86.4 Å². The predicted molar refractivity (Wildman–Crippen MR) is 130 cm³/mol. The van der Waals surface area contributed by atoms with Gasteiger partial charge in [-0.25, -0.2) is 9.37 Å². The topological polar surface area (TPSA) is 115 Å². The molecule has 5 rings (SSSR count). The second-order valence-electron chi connectivity index (χ2n) is 7.15. The van der Waals surface area contributed by atoms with Crippen molar-refractivity contribution in [3.63, 3.8) is 0 Å². The maximum atomic E-state index is 13.6. The summed E-state index contributed by atoms with van der Waals surface area (Å²) in [5, 5.41) is 29.8. The third-order valence-electron chi connectivity index (χ3n) is 5.02. The monoisotopic (exact) mass is 510 g/mol. The Morgan fingerprint density at radius 1 is 1.06 bits per heavy atom. The number of H-pyrrole nitrogens is 1. The van der Waals surface area contributed by atoms with Gasteiger partial charge in [-0.05, 0) is 30.3 Å². The number of anilines is 3. The number of pyridine rings is 1. The first-order valence-corrected chi connectivity index (χ1v) is 11.5. The number of nitrogens with zero attached hydrogens (tertiary/aromatic N) is 5. The van der Waals surface area contributed by atoms with Crippen LogP contribution in [0.4, 0.5) is 21.5 Å². The Kier molecular flexibility index (Phi) is 5.98. The van der Waals surface area contributed by atoms with Gasteiger partial charge in [0.15, 0.2) is 0 Å². The minimum atomic E-state index is -0.539. The van der Waals surface area contributed by atoms with E-state index in [-0.39, 0.29) is 10.6 Å². The fraction of sp³-hybridized carbons (Fsp3) is 0.0455. The van der Waals surface area contributed by atoms with Gasteiger partial charge in [-0.2, -0.15) is 20.7 Å². The first-order chi connectivity index (χ1) is 16.5. The Hall–Kier alpha value is -3.78. The average molecular weight is 511 g/mol. The Morgan fingerprint density at radius 2 is 1.91 bits per heavy atom. The van der Waals surface area contributed by atoms with Crippen LogP contribution in [0.3, 0.4) is 0 Å². The largest absolute Gasteiger partial charge is 0.371 e. The average Bonchev–Trinajstić information content (AvgIpc) is 3.55. The predicted octanol–water partition coefficient (Wildman–Crippen LogP) is 6.07. The van der Waals surface area contributed by atoms with E-state index in [1.54, 1.807) is 17.8 Å². The number of fused-ring (bicyclic) bond motifs is 1. The van der Waals surface area contributed by atoms with Gasteiger partial charge in [-0.1, -0.05) is 23.2 Å². The summed E-state index contributed by atoms with van der Waals surface area (Å²) in [5.41, 5.74) is 5.54. The van der Waals surface area contributed by atoms with Crippen molar-refractivity contribution in [2.45, 2.75) is 6.04 Å². The summed E-state index contributed by atoms with van der Waals surface area (Å²) in [6, 6.07) is 9.52. The van der Waals surface area contributed by atoms with E-state index in [9.17, 15) is 9.65 Å². The molecule has 34 heavy (non-hydrogen) atoms. The van der Waals surface area contributed by atoms with Gasteiger partial charge in [0.05, 0.1) is 44.2 Å². The van der Waals surface area contributed by atoms with Gasteiger partial charge in [-0.15, -0.1) is 11.3 Å². The normalized spacial score (nSPS) is 11.8. The maximum absolute atomic E-state index is 13.6. The van der Waals surface area contributed by atoms with E-state index in [1.807, 2.05) is 11.4 Å². The number of nitrogens with one attached hydrogen (secondary N) is 3. The third kappa shape index (κ3) is 4.24. The molecule has 0 fully saturated rings. The van der Waals surface area contributed by atoms with Gasteiger partial charge in [0.1, 0.15) is 23.6 Å². The highest BCUT2D eigenvalue weighted by atomic mass is 35.5. The van der Waals surface area contributed by atoms with E-state index in [1.165, 1.54) is 35.7 Å². The molecule has 0 radical (unpaired) electrons. The Bertz CT molecular complexity index is 1480. The zero-order valence-corrected chi connectivity index (χ0v) is 19.4. The molecule has 168 valence electrons. The molecule has 3 aromatic heterocycles. The lowest BCUT2D eigenvalue weighted by Crippen LogP contribution is -2.13. The van der Waals surface area contributed by atoms with E-state index in [4.69, 9.17) is 23.2 Å². The Labute approximate surface area is 206 Å². The molecule has 0 bridgehead atoms. The van der Waals surface area contributed by atoms with Crippen LogP contribution < -0.4 is 10.6 Å². The van der Waals surface area contributed by atoms with E-state index in [0.717, 1.165) is 5.69 Å². The van der Waals surface area contributed by atoms with Crippen molar-refractivity contribution in [2.75, 3.05) is 10.6 Å². The molecule has 8 nitrogen and oxygen atoms in total. The molecule has 3 heterocycles. The van der Waals surface area contributed by atoms with Crippen molar-refractivity contribution >= 4 is 62.5 Å². The van der Waals surface area contributed by atoms with E-state index in [2.05, 4.69) is 42.1 Å². The summed E-state index contributed by atoms with van der Waals surface area (Å²) in [6.45, 7) is 0. The van der Waals surface area contributed by atoms with Crippen LogP contribution in [0.5, 0.6) is 0 Å². The number of hydrogen-bond acceptors (Lipinski definition) is 8. The molecule has 0 aliphatic rings. The zero-order chi connectivity index (χ0) is 23.7. The van der Waals surface area contributed by atoms with Crippen LogP contribution in [0.15, 0.2) is 53.6 Å². The number of aromatic nitrogens is 5. The summed E-state index contributed by atoms with van der Waals surface area (Å²) in [6.07, 6.45) is 3.04. The lowest BCUT2D eigenvalue weighted by Gasteiger charge is -2.18. The molecule has 12 heteroatoms. The number of nitriles is 1. The van der Waals surface area contributed by atoms with Crippen LogP contribution in [0, 0.1) is 17.1 Å². The third-order valence-corrected chi connectivity index (χ3v) is 6.20. The first kappa shape index (κ1) is 22.0. The van der Waals surface area contributed by atoms with Crippen LogP contribution in [0.2, 0.25) is 10.0 Å². The van der Waals surface area contributed by atoms with E-state index in [0.29, 0.717) is 38.7 Å². The van der Waals surface area contributed by atoms with Crippen LogP contribution >= 0.6 is 34.5 Å². The number of rotatable bonds is 6. The summed E-state index contributed by atoms with van der Waals surface area (Å²) < 4.78 is 13.6. The van der Waals surface area contributed by atoms with Crippen LogP contribution in [-0.4, -0.2) is 25.4 Å². The smallest absolute Gasteiger partial charge is 0.141 e. The second-order valence-corrected chi connectivity index (χ2v) is 8.69. The van der Waals surface area contributed by atoms with Crippen molar-refractivity contribution in [3.8, 4) is 6.07 Å². The molecule has 0 aliphatic carbocycles. The maximum Gasteiger partial charge on any atom is 0.141 e. The zero-order valence-electron chi connectivity index (χ0n) is 17.1. The summed E-state index contributed by atoms with van der Waals surface area (Å²) >= 11 is 14.0. The molecule has 0 aliphatic heterocycles. The molecule has 5 aromatic rings. The van der Waals surface area contributed by atoms with E-state index < -0.39 is 11.9 Å². The molecule has 1 atom stereocenters. The van der Waals surface area contributed by atoms with Gasteiger partial charge in [0.25, 0.3) is 0 Å². The number of hydrogen-bond donors (Lipinski definition) is 3. The molecule has 0 spiro atoms. The standard InChI is InChI=1S/C22H13Cl2FN8S/c23-15-4-12(1-2-17(15)25)30-20-11(6-26)7-27-21-14(20)3-13(5-16(21)24)31-22(18-8-29-33-32-18)19-9-34-10-28-19/h1-5,7-10,22,31H,(H,27,30)(H,29,32,33). The number of thiazole rings is 1. The quantitative estimate of drug-likeness (QED) is 0.253. The fourth-order valence-corrected chi connectivity index (χ4v) is 4.49. The summed E-state index contributed by atoms with van der Waals surface area (Å²) in [4.78, 5) is 8.76. The van der Waals surface area contributed by atoms with E-state index >= 15 is 0 Å². The van der Waals surface area contributed by atoms with Crippen molar-refractivity contribution in [2.24, 2.45) is 0 Å². The van der Waals surface area contributed by atoms with Crippen molar-refractivity contribution in [1.29, 1.82) is 5.26 Å². The highest BCUT2D eigenvalue weighted by Crippen LogP contribution is 2.37. The Morgan fingerprint density at radius 3 is 2.62 bits per heavy atom. The Balaban J connectivity index is 1.61. The molecule has 2 aromatic carbocycles. The molecule has 3 N–H and O–H groups in total. The SMILES string of the molecule is N#Cc1cnc2c(Cl)cc(NC(c3cscn3)c3cn[nH]n3)cc2c1Nc1ccc(F)c(Cl)c1. The van der Waals surface area contributed by atoms with Gasteiger partial charge in [-0.3, -0.25) is 4.98 Å². The highest BCUT2D eigenvalue weighted by molar-refractivity contribution is 7.07. The van der Waals surface area contributed by atoms with Gasteiger partial charge in [0, 0.05) is 28.3 Å². The second kappa shape index (κ2) is 9.23. The van der Waals surface area contributed by atoms with Crippen molar-refractivity contribution < 1.29 is 4.39 Å². The lowest BCUT2D eigenvalue weighted by atomic mass is 10.1. The molecule has 0 amide bonds. The molecule has 1 unspecified atom stereocenters. The van der Waals surface area contributed by atoms with Gasteiger partial charge < -0.3 is 10.6 Å². The first-order valence-electron chi connectivity index (χ1n) is 9.78. The van der Waals surface area contributed by atoms with Crippen molar-refractivity contribution in [1.82, 2.24) is 25.4 Å². The summed E-state index contributed by atoms with van der Waals surface area (Å²) in [5.74, 6) is -0.539. The number of aromatic amines is 1. The van der Waals surface area contributed by atoms with Crippen LogP contribution in [-0.2, 0) is 0 Å². The highest BCUT2D eigenvalue weighted by Gasteiger charge is 2.20. The number of halogens is 3. The number of benzene rings is 2. The molecular weight excluding hydrogens is 498 g/mol. The summed E-state index contributed by atoms with van der Waals surface area (Å²) in [7, 11) is 0. The minimum Gasteiger partial charge on any atom is -0.371 e. The van der Waals surface area contributed by atoms with Gasteiger partial charge >= 0.3 is 0 Å². The molecular formula is C22H13Cl2FN8S. The lowest BCUT2D eigenvalue weighted by molar-refractivity contribution is 0.628.